The van der Waals surface area contributed by atoms with Crippen molar-refractivity contribution in [3.8, 4) is 12.3 Å². The van der Waals surface area contributed by atoms with Gasteiger partial charge in [-0.05, 0) is 0 Å². The third-order valence-electron chi connectivity index (χ3n) is 2.93. The van der Waals surface area contributed by atoms with Crippen molar-refractivity contribution >= 4 is 0 Å². The SMILES string of the molecule is C#CCC1CNCCNCCNCCNCCN1. The maximum atomic E-state index is 5.39. The van der Waals surface area contributed by atoms with E-state index < -0.39 is 0 Å². The smallest absolute Gasteiger partial charge is 0.0302 e. The topological polar surface area (TPSA) is 60.1 Å². The van der Waals surface area contributed by atoms with Crippen LogP contribution in [0.15, 0.2) is 0 Å². The molecule has 0 aromatic heterocycles. The van der Waals surface area contributed by atoms with E-state index in [1.807, 2.05) is 0 Å². The van der Waals surface area contributed by atoms with Crippen molar-refractivity contribution in [3.63, 3.8) is 0 Å². The third-order valence-corrected chi connectivity index (χ3v) is 2.93. The lowest BCUT2D eigenvalue weighted by molar-refractivity contribution is 0.472. The second-order valence-electron chi connectivity index (χ2n) is 4.51. The number of terminal acetylenes is 1. The minimum absolute atomic E-state index is 0.375. The highest BCUT2D eigenvalue weighted by Crippen LogP contribution is 1.87. The van der Waals surface area contributed by atoms with Gasteiger partial charge in [-0.1, -0.05) is 0 Å². The number of hydrogen-bond acceptors (Lipinski definition) is 5. The zero-order chi connectivity index (χ0) is 12.9. The molecule has 1 aliphatic rings. The van der Waals surface area contributed by atoms with Gasteiger partial charge in [-0.3, -0.25) is 0 Å². The average Bonchev–Trinajstić information content (AvgIpc) is 2.39. The summed E-state index contributed by atoms with van der Waals surface area (Å²) >= 11 is 0. The van der Waals surface area contributed by atoms with Gasteiger partial charge in [-0.25, -0.2) is 0 Å². The Morgan fingerprint density at radius 3 is 1.83 bits per heavy atom. The van der Waals surface area contributed by atoms with E-state index in [0.717, 1.165) is 65.3 Å². The average molecular weight is 253 g/mol. The lowest BCUT2D eigenvalue weighted by Gasteiger charge is -2.17. The number of nitrogens with one attached hydrogen (secondary N) is 5. The van der Waals surface area contributed by atoms with E-state index >= 15 is 0 Å². The fourth-order valence-electron chi connectivity index (χ4n) is 1.91. The fourth-order valence-corrected chi connectivity index (χ4v) is 1.91. The highest BCUT2D eigenvalue weighted by Gasteiger charge is 2.05. The molecule has 1 heterocycles. The molecule has 18 heavy (non-hydrogen) atoms. The van der Waals surface area contributed by atoms with Crippen molar-refractivity contribution in [2.75, 3.05) is 58.9 Å². The minimum Gasteiger partial charge on any atom is -0.314 e. The van der Waals surface area contributed by atoms with E-state index in [-0.39, 0.29) is 0 Å². The molecule has 5 N–H and O–H groups in total. The monoisotopic (exact) mass is 253 g/mol. The summed E-state index contributed by atoms with van der Waals surface area (Å²) in [6, 6.07) is 0.375. The first-order valence-corrected chi connectivity index (χ1v) is 6.93. The molecule has 1 rings (SSSR count). The Morgan fingerprint density at radius 1 is 0.778 bits per heavy atom. The van der Waals surface area contributed by atoms with Crippen molar-refractivity contribution in [1.29, 1.82) is 0 Å². The lowest BCUT2D eigenvalue weighted by Crippen LogP contribution is -2.42. The van der Waals surface area contributed by atoms with Gasteiger partial charge < -0.3 is 26.6 Å². The molecular formula is C13H27N5. The summed E-state index contributed by atoms with van der Waals surface area (Å²) in [6.45, 7) is 8.96. The molecule has 5 nitrogen and oxygen atoms in total. The summed E-state index contributed by atoms with van der Waals surface area (Å²) in [5.74, 6) is 2.73. The van der Waals surface area contributed by atoms with Gasteiger partial charge in [0.25, 0.3) is 0 Å². The first-order chi connectivity index (χ1) is 8.93. The summed E-state index contributed by atoms with van der Waals surface area (Å²) in [6.07, 6.45) is 6.17. The Hall–Kier alpha value is -0.640. The molecule has 0 aliphatic carbocycles. The zero-order valence-electron chi connectivity index (χ0n) is 11.2. The first kappa shape index (κ1) is 15.4. The van der Waals surface area contributed by atoms with Gasteiger partial charge in [-0.15, -0.1) is 12.3 Å². The van der Waals surface area contributed by atoms with Crippen LogP contribution in [0.1, 0.15) is 6.42 Å². The van der Waals surface area contributed by atoms with E-state index in [9.17, 15) is 0 Å². The largest absolute Gasteiger partial charge is 0.314 e. The minimum atomic E-state index is 0.375. The number of rotatable bonds is 1. The summed E-state index contributed by atoms with van der Waals surface area (Å²) in [7, 11) is 0. The molecule has 1 saturated heterocycles. The van der Waals surface area contributed by atoms with Crippen molar-refractivity contribution in [2.24, 2.45) is 0 Å². The highest BCUT2D eigenvalue weighted by molar-refractivity contribution is 4.90. The normalized spacial score (nSPS) is 25.6. The van der Waals surface area contributed by atoms with Gasteiger partial charge >= 0.3 is 0 Å². The van der Waals surface area contributed by atoms with Crippen LogP contribution >= 0.6 is 0 Å². The maximum absolute atomic E-state index is 5.39. The number of hydrogen-bond donors (Lipinski definition) is 5. The van der Waals surface area contributed by atoms with Crippen LogP contribution in [0, 0.1) is 12.3 Å². The summed E-state index contributed by atoms with van der Waals surface area (Å²) in [5, 5.41) is 17.1. The van der Waals surface area contributed by atoms with Crippen LogP contribution in [-0.2, 0) is 0 Å². The molecule has 0 amide bonds. The van der Waals surface area contributed by atoms with Crippen LogP contribution < -0.4 is 26.6 Å². The first-order valence-electron chi connectivity index (χ1n) is 6.93. The van der Waals surface area contributed by atoms with Gasteiger partial charge in [0.2, 0.25) is 0 Å². The van der Waals surface area contributed by atoms with Gasteiger partial charge in [-0.2, -0.15) is 0 Å². The molecule has 0 aromatic carbocycles. The van der Waals surface area contributed by atoms with E-state index in [1.54, 1.807) is 0 Å². The molecule has 1 fully saturated rings. The van der Waals surface area contributed by atoms with Gasteiger partial charge in [0.15, 0.2) is 0 Å². The second-order valence-corrected chi connectivity index (χ2v) is 4.51. The highest BCUT2D eigenvalue weighted by atomic mass is 15.0. The lowest BCUT2D eigenvalue weighted by atomic mass is 10.2. The summed E-state index contributed by atoms with van der Waals surface area (Å²) in [4.78, 5) is 0. The molecule has 0 aromatic rings. The Morgan fingerprint density at radius 2 is 1.28 bits per heavy atom. The Bertz CT molecular complexity index is 210. The van der Waals surface area contributed by atoms with E-state index in [1.165, 1.54) is 0 Å². The predicted molar refractivity (Wildman–Crippen MR) is 76.7 cm³/mol. The Labute approximate surface area is 111 Å². The molecule has 0 bridgehead atoms. The van der Waals surface area contributed by atoms with Crippen LogP contribution in [-0.4, -0.2) is 64.9 Å². The molecule has 1 unspecified atom stereocenters. The van der Waals surface area contributed by atoms with E-state index in [4.69, 9.17) is 6.42 Å². The van der Waals surface area contributed by atoms with Gasteiger partial charge in [0.1, 0.15) is 0 Å². The van der Waals surface area contributed by atoms with E-state index in [0.29, 0.717) is 6.04 Å². The van der Waals surface area contributed by atoms with Gasteiger partial charge in [0, 0.05) is 71.4 Å². The van der Waals surface area contributed by atoms with Crippen molar-refractivity contribution in [3.05, 3.63) is 0 Å². The summed E-state index contributed by atoms with van der Waals surface area (Å²) < 4.78 is 0. The Kier molecular flexibility index (Phi) is 9.81. The molecule has 1 aliphatic heterocycles. The maximum Gasteiger partial charge on any atom is 0.0302 e. The zero-order valence-corrected chi connectivity index (χ0v) is 11.2. The van der Waals surface area contributed by atoms with E-state index in [2.05, 4.69) is 32.5 Å². The molecular weight excluding hydrogens is 226 g/mol. The molecule has 5 heteroatoms. The van der Waals surface area contributed by atoms with Gasteiger partial charge in [0.05, 0.1) is 0 Å². The van der Waals surface area contributed by atoms with Crippen molar-refractivity contribution in [2.45, 2.75) is 12.5 Å². The van der Waals surface area contributed by atoms with Crippen molar-refractivity contribution in [1.82, 2.24) is 26.6 Å². The third kappa shape index (κ3) is 8.45. The molecule has 0 saturated carbocycles. The van der Waals surface area contributed by atoms with Crippen LogP contribution in [0.5, 0.6) is 0 Å². The predicted octanol–water partition coefficient (Wildman–Crippen LogP) is -1.66. The van der Waals surface area contributed by atoms with Crippen LogP contribution in [0.25, 0.3) is 0 Å². The molecule has 104 valence electrons. The molecule has 0 radical (unpaired) electrons. The quantitative estimate of drug-likeness (QED) is 0.362. The molecule has 1 atom stereocenters. The van der Waals surface area contributed by atoms with Crippen LogP contribution in [0.4, 0.5) is 0 Å². The van der Waals surface area contributed by atoms with Crippen LogP contribution in [0.2, 0.25) is 0 Å². The fraction of sp³-hybridized carbons (Fsp3) is 0.846. The molecule has 0 spiro atoms. The standard InChI is InChI=1S/C13H27N5/c1-2-3-13-12-17-9-8-15-5-4-14-6-7-16-10-11-18-13/h1,13-18H,3-12H2. The van der Waals surface area contributed by atoms with Crippen LogP contribution in [0.3, 0.4) is 0 Å². The second kappa shape index (κ2) is 11.5. The Balaban J connectivity index is 2.22. The van der Waals surface area contributed by atoms with Crippen molar-refractivity contribution < 1.29 is 0 Å². The summed E-state index contributed by atoms with van der Waals surface area (Å²) in [5.41, 5.74) is 0.